The standard InChI is InChI=1S/C18H18O6/c1-7-6-9(19)11(17(22)23-5)12-10(7)16-13(15(21)14(12)20)18(3,4)8(2)24-16/h6,8,19H,1-5H3/t8-/m1/s1. The van der Waals surface area contributed by atoms with E-state index in [0.29, 0.717) is 22.5 Å². The maximum atomic E-state index is 12.7. The van der Waals surface area contributed by atoms with E-state index in [1.165, 1.54) is 6.07 Å². The Morgan fingerprint density at radius 1 is 1.25 bits per heavy atom. The van der Waals surface area contributed by atoms with Crippen LogP contribution < -0.4 is 0 Å². The Morgan fingerprint density at radius 2 is 1.88 bits per heavy atom. The molecule has 6 heteroatoms. The molecule has 24 heavy (non-hydrogen) atoms. The molecule has 1 aliphatic carbocycles. The number of ketones is 2. The van der Waals surface area contributed by atoms with Crippen LogP contribution in [0.25, 0.3) is 5.76 Å². The van der Waals surface area contributed by atoms with Crippen LogP contribution in [0.1, 0.15) is 52.6 Å². The van der Waals surface area contributed by atoms with Crippen molar-refractivity contribution in [2.45, 2.75) is 33.8 Å². The maximum Gasteiger partial charge on any atom is 0.342 e. The molecule has 0 unspecified atom stereocenters. The normalized spacial score (nSPS) is 21.3. The van der Waals surface area contributed by atoms with Crippen molar-refractivity contribution in [2.75, 3.05) is 7.11 Å². The number of methoxy groups -OCH3 is 1. The second kappa shape index (κ2) is 4.93. The van der Waals surface area contributed by atoms with Crippen molar-refractivity contribution in [1.29, 1.82) is 0 Å². The predicted octanol–water partition coefficient (Wildman–Crippen LogP) is 2.41. The number of Topliss-reactive ketones (excluding diaryl/α,β-unsaturated/α-hetero) is 2. The van der Waals surface area contributed by atoms with E-state index in [1.807, 2.05) is 20.8 Å². The number of hydrogen-bond acceptors (Lipinski definition) is 6. The highest BCUT2D eigenvalue weighted by atomic mass is 16.5. The number of ether oxygens (including phenoxy) is 2. The van der Waals surface area contributed by atoms with Crippen molar-refractivity contribution in [2.24, 2.45) is 5.41 Å². The molecule has 6 nitrogen and oxygen atoms in total. The predicted molar refractivity (Wildman–Crippen MR) is 84.8 cm³/mol. The molecule has 126 valence electrons. The van der Waals surface area contributed by atoms with Gasteiger partial charge in [-0.05, 0) is 25.5 Å². The van der Waals surface area contributed by atoms with Gasteiger partial charge in [0, 0.05) is 11.0 Å². The molecule has 1 atom stereocenters. The van der Waals surface area contributed by atoms with Crippen molar-refractivity contribution in [1.82, 2.24) is 0 Å². The van der Waals surface area contributed by atoms with Gasteiger partial charge in [-0.1, -0.05) is 13.8 Å². The summed E-state index contributed by atoms with van der Waals surface area (Å²) < 4.78 is 10.5. The Bertz CT molecular complexity index is 844. The van der Waals surface area contributed by atoms with Crippen LogP contribution in [0.4, 0.5) is 0 Å². The minimum atomic E-state index is -0.876. The van der Waals surface area contributed by atoms with Gasteiger partial charge in [0.2, 0.25) is 11.6 Å². The van der Waals surface area contributed by atoms with Gasteiger partial charge in [0.05, 0.1) is 18.2 Å². The highest BCUT2D eigenvalue weighted by Crippen LogP contribution is 2.51. The lowest BCUT2D eigenvalue weighted by atomic mass is 9.73. The smallest absolute Gasteiger partial charge is 0.342 e. The van der Waals surface area contributed by atoms with E-state index in [0.717, 1.165) is 7.11 Å². The van der Waals surface area contributed by atoms with E-state index in [-0.39, 0.29) is 17.2 Å². The van der Waals surface area contributed by atoms with Crippen LogP contribution in [0.3, 0.4) is 0 Å². The summed E-state index contributed by atoms with van der Waals surface area (Å²) in [5, 5.41) is 10.1. The first-order valence-electron chi connectivity index (χ1n) is 7.58. The van der Waals surface area contributed by atoms with Gasteiger partial charge in [-0.15, -0.1) is 0 Å². The van der Waals surface area contributed by atoms with Crippen LogP contribution in [-0.4, -0.2) is 35.9 Å². The Labute approximate surface area is 139 Å². The molecule has 0 aromatic heterocycles. The topological polar surface area (TPSA) is 89.9 Å². The van der Waals surface area contributed by atoms with Gasteiger partial charge in [0.1, 0.15) is 23.2 Å². The van der Waals surface area contributed by atoms with E-state index in [9.17, 15) is 19.5 Å². The monoisotopic (exact) mass is 330 g/mol. The molecule has 0 fully saturated rings. The number of phenolic OH excluding ortho intramolecular Hbond substituents is 1. The zero-order valence-electron chi connectivity index (χ0n) is 14.1. The lowest BCUT2D eigenvalue weighted by Gasteiger charge is -2.25. The summed E-state index contributed by atoms with van der Waals surface area (Å²) in [6.07, 6.45) is -0.306. The number of rotatable bonds is 1. The maximum absolute atomic E-state index is 12.7. The van der Waals surface area contributed by atoms with Gasteiger partial charge >= 0.3 is 5.97 Å². The van der Waals surface area contributed by atoms with Gasteiger partial charge in [-0.25, -0.2) is 4.79 Å². The van der Waals surface area contributed by atoms with Crippen LogP contribution in [0.2, 0.25) is 0 Å². The molecule has 1 aromatic carbocycles. The van der Waals surface area contributed by atoms with E-state index in [4.69, 9.17) is 4.74 Å². The lowest BCUT2D eigenvalue weighted by Crippen LogP contribution is -2.33. The summed E-state index contributed by atoms with van der Waals surface area (Å²) in [5.74, 6) is -2.49. The summed E-state index contributed by atoms with van der Waals surface area (Å²) in [6.45, 7) is 7.19. The molecule has 0 bridgehead atoms. The van der Waals surface area contributed by atoms with Crippen LogP contribution in [0, 0.1) is 12.3 Å². The third-order valence-electron chi connectivity index (χ3n) is 4.96. The van der Waals surface area contributed by atoms with Gasteiger partial charge in [-0.2, -0.15) is 0 Å². The highest BCUT2D eigenvalue weighted by molar-refractivity contribution is 6.53. The van der Waals surface area contributed by atoms with Crippen LogP contribution in [0.5, 0.6) is 5.75 Å². The molecule has 1 aromatic rings. The number of phenols is 1. The fourth-order valence-corrected chi connectivity index (χ4v) is 3.31. The number of hydrogen-bond donors (Lipinski definition) is 1. The van der Waals surface area contributed by atoms with Gasteiger partial charge in [-0.3, -0.25) is 9.59 Å². The molecule has 1 aliphatic heterocycles. The molecule has 0 spiro atoms. The first-order chi connectivity index (χ1) is 11.1. The van der Waals surface area contributed by atoms with Gasteiger partial charge < -0.3 is 14.6 Å². The third kappa shape index (κ3) is 1.85. The van der Waals surface area contributed by atoms with Crippen molar-refractivity contribution < 1.29 is 29.0 Å². The molecular formula is C18H18O6. The van der Waals surface area contributed by atoms with Crippen molar-refractivity contribution in [3.8, 4) is 5.75 Å². The van der Waals surface area contributed by atoms with E-state index in [2.05, 4.69) is 4.74 Å². The lowest BCUT2D eigenvalue weighted by molar-refractivity contribution is -0.112. The zero-order valence-corrected chi connectivity index (χ0v) is 14.1. The second-order valence-corrected chi connectivity index (χ2v) is 6.67. The van der Waals surface area contributed by atoms with Crippen LogP contribution in [0.15, 0.2) is 11.6 Å². The number of carbonyl (C=O) groups excluding carboxylic acids is 3. The highest BCUT2D eigenvalue weighted by Gasteiger charge is 2.51. The van der Waals surface area contributed by atoms with E-state index in [1.54, 1.807) is 6.92 Å². The quantitative estimate of drug-likeness (QED) is 0.628. The Morgan fingerprint density at radius 3 is 2.46 bits per heavy atom. The molecule has 1 heterocycles. The van der Waals surface area contributed by atoms with Crippen LogP contribution in [-0.2, 0) is 14.3 Å². The fourth-order valence-electron chi connectivity index (χ4n) is 3.31. The molecule has 2 aliphatic rings. The first kappa shape index (κ1) is 16.2. The van der Waals surface area contributed by atoms with Crippen molar-refractivity contribution >= 4 is 23.3 Å². The Balaban J connectivity index is 2.43. The Hall–Kier alpha value is -2.63. The molecule has 0 saturated carbocycles. The van der Waals surface area contributed by atoms with Crippen molar-refractivity contribution in [3.63, 3.8) is 0 Å². The number of esters is 1. The average molecular weight is 330 g/mol. The third-order valence-corrected chi connectivity index (χ3v) is 4.96. The largest absolute Gasteiger partial charge is 0.507 e. The molecule has 1 N–H and O–H groups in total. The minimum Gasteiger partial charge on any atom is -0.507 e. The number of carbonyl (C=O) groups is 3. The summed E-state index contributed by atoms with van der Waals surface area (Å²) in [7, 11) is 1.14. The summed E-state index contributed by atoms with van der Waals surface area (Å²) >= 11 is 0. The second-order valence-electron chi connectivity index (χ2n) is 6.67. The molecule has 3 rings (SSSR count). The number of fused-ring (bicyclic) bond motifs is 2. The molecule has 0 amide bonds. The molecule has 0 saturated heterocycles. The minimum absolute atomic E-state index is 0.145. The molecule has 0 radical (unpaired) electrons. The number of aromatic hydroxyl groups is 1. The Kier molecular flexibility index (Phi) is 3.34. The number of aryl methyl sites for hydroxylation is 1. The SMILES string of the molecule is COC(=O)c1c(O)cc(C)c2c1C(=O)C(=O)C1=C2O[C@H](C)C1(C)C. The zero-order chi connectivity index (χ0) is 18.0. The number of benzene rings is 1. The fraction of sp³-hybridized carbons (Fsp3) is 0.389. The van der Waals surface area contributed by atoms with Gasteiger partial charge in [0.15, 0.2) is 0 Å². The van der Waals surface area contributed by atoms with Crippen molar-refractivity contribution in [3.05, 3.63) is 33.9 Å². The van der Waals surface area contributed by atoms with E-state index >= 15 is 0 Å². The average Bonchev–Trinajstić information content (AvgIpc) is 2.73. The summed E-state index contributed by atoms with van der Waals surface area (Å²) in [5.41, 5.74) is 0.169. The first-order valence-corrected chi connectivity index (χ1v) is 7.58. The summed E-state index contributed by atoms with van der Waals surface area (Å²) in [6, 6.07) is 1.37. The van der Waals surface area contributed by atoms with E-state index < -0.39 is 28.7 Å². The molecular weight excluding hydrogens is 312 g/mol. The van der Waals surface area contributed by atoms with Crippen LogP contribution >= 0.6 is 0 Å². The summed E-state index contributed by atoms with van der Waals surface area (Å²) in [4.78, 5) is 37.5. The van der Waals surface area contributed by atoms with Gasteiger partial charge in [0.25, 0.3) is 0 Å².